The van der Waals surface area contributed by atoms with Gasteiger partial charge in [0, 0.05) is 26.2 Å². The van der Waals surface area contributed by atoms with Gasteiger partial charge in [-0.05, 0) is 43.0 Å². The average molecular weight is 294 g/mol. The van der Waals surface area contributed by atoms with E-state index < -0.39 is 6.10 Å². The van der Waals surface area contributed by atoms with Crippen molar-refractivity contribution in [2.24, 2.45) is 11.7 Å². The van der Waals surface area contributed by atoms with Crippen LogP contribution in [0.25, 0.3) is 0 Å². The predicted octanol–water partition coefficient (Wildman–Crippen LogP) is 0.589. The number of benzene rings is 1. The summed E-state index contributed by atoms with van der Waals surface area (Å²) < 4.78 is 5.62. The fourth-order valence-electron chi connectivity index (χ4n) is 2.80. The minimum atomic E-state index is -0.501. The van der Waals surface area contributed by atoms with Gasteiger partial charge in [-0.25, -0.2) is 0 Å². The van der Waals surface area contributed by atoms with Crippen LogP contribution in [0.5, 0.6) is 5.75 Å². The Morgan fingerprint density at radius 2 is 2.29 bits per heavy atom. The summed E-state index contributed by atoms with van der Waals surface area (Å²) in [5.41, 5.74) is 6.61. The van der Waals surface area contributed by atoms with Crippen LogP contribution in [0.1, 0.15) is 18.4 Å². The van der Waals surface area contributed by atoms with Crippen molar-refractivity contribution in [3.8, 4) is 5.75 Å². The Morgan fingerprint density at radius 3 is 3.05 bits per heavy atom. The lowest BCUT2D eigenvalue weighted by molar-refractivity contribution is 0.0743. The third-order valence-corrected chi connectivity index (χ3v) is 3.95. The van der Waals surface area contributed by atoms with Crippen molar-refractivity contribution >= 4 is 0 Å². The van der Waals surface area contributed by atoms with Crippen LogP contribution in [0.2, 0.25) is 0 Å². The summed E-state index contributed by atoms with van der Waals surface area (Å²) in [6.45, 7) is 3.60. The highest BCUT2D eigenvalue weighted by atomic mass is 16.5. The maximum atomic E-state index is 10.1. The molecule has 0 aliphatic carbocycles. The summed E-state index contributed by atoms with van der Waals surface area (Å²) in [7, 11) is 0. The van der Waals surface area contributed by atoms with Crippen molar-refractivity contribution in [2.75, 3.05) is 32.8 Å². The zero-order chi connectivity index (χ0) is 15.1. The first-order valence-electron chi connectivity index (χ1n) is 7.64. The van der Waals surface area contributed by atoms with Crippen LogP contribution in [-0.2, 0) is 6.54 Å². The molecule has 0 spiro atoms. The molecule has 2 unspecified atom stereocenters. The lowest BCUT2D eigenvalue weighted by Gasteiger charge is -2.20. The summed E-state index contributed by atoms with van der Waals surface area (Å²) in [6.07, 6.45) is 1.46. The van der Waals surface area contributed by atoms with Crippen molar-refractivity contribution in [1.82, 2.24) is 4.90 Å². The molecular formula is C16H26N2O3. The van der Waals surface area contributed by atoms with E-state index in [4.69, 9.17) is 15.6 Å². The molecule has 1 aromatic carbocycles. The topological polar surface area (TPSA) is 79.0 Å². The van der Waals surface area contributed by atoms with Gasteiger partial charge in [-0.3, -0.25) is 0 Å². The number of likely N-dealkylation sites (tertiary alicyclic amines) is 1. The normalized spacial score (nSPS) is 20.6. The molecular weight excluding hydrogens is 268 g/mol. The highest BCUT2D eigenvalue weighted by molar-refractivity contribution is 5.28. The van der Waals surface area contributed by atoms with Gasteiger partial charge in [-0.2, -0.15) is 0 Å². The Bertz CT molecular complexity index is 428. The molecule has 0 saturated carbocycles. The van der Waals surface area contributed by atoms with Crippen LogP contribution in [0.4, 0.5) is 0 Å². The maximum absolute atomic E-state index is 10.1. The molecule has 1 aliphatic rings. The number of aliphatic hydroxyl groups excluding tert-OH is 2. The molecule has 0 radical (unpaired) electrons. The molecule has 0 bridgehead atoms. The van der Waals surface area contributed by atoms with Crippen LogP contribution in [0.3, 0.4) is 0 Å². The number of nitrogens with two attached hydrogens (primary N) is 1. The third-order valence-electron chi connectivity index (χ3n) is 3.95. The van der Waals surface area contributed by atoms with Crippen LogP contribution in [0.15, 0.2) is 24.3 Å². The van der Waals surface area contributed by atoms with Crippen molar-refractivity contribution < 1.29 is 14.9 Å². The van der Waals surface area contributed by atoms with Crippen LogP contribution < -0.4 is 10.5 Å². The van der Waals surface area contributed by atoms with E-state index in [1.54, 1.807) is 0 Å². The maximum Gasteiger partial charge on any atom is 0.119 e. The molecule has 1 saturated heterocycles. The van der Waals surface area contributed by atoms with Gasteiger partial charge in [0.05, 0.1) is 0 Å². The van der Waals surface area contributed by atoms with E-state index >= 15 is 0 Å². The van der Waals surface area contributed by atoms with Crippen molar-refractivity contribution in [1.29, 1.82) is 0 Å². The largest absolute Gasteiger partial charge is 0.491 e. The van der Waals surface area contributed by atoms with Crippen LogP contribution >= 0.6 is 0 Å². The SMILES string of the molecule is NCc1cccc(OCC(O)CN2CCC(CCO)C2)c1. The summed E-state index contributed by atoms with van der Waals surface area (Å²) >= 11 is 0. The van der Waals surface area contributed by atoms with Gasteiger partial charge in [0.1, 0.15) is 18.5 Å². The Labute approximate surface area is 126 Å². The first-order chi connectivity index (χ1) is 10.2. The monoisotopic (exact) mass is 294 g/mol. The molecule has 2 rings (SSSR count). The second-order valence-corrected chi connectivity index (χ2v) is 5.74. The zero-order valence-electron chi connectivity index (χ0n) is 12.4. The van der Waals surface area contributed by atoms with Crippen molar-refractivity contribution in [3.63, 3.8) is 0 Å². The van der Waals surface area contributed by atoms with Crippen LogP contribution in [-0.4, -0.2) is 54.1 Å². The summed E-state index contributed by atoms with van der Waals surface area (Å²) in [5.74, 6) is 1.31. The Kier molecular flexibility index (Phi) is 6.45. The minimum absolute atomic E-state index is 0.252. The number of nitrogens with zero attached hydrogens (tertiary/aromatic N) is 1. The number of rotatable bonds is 8. The number of β-amino-alcohol motifs (C(OH)–C–C–N with tert-alkyl or cyclic N) is 1. The first-order valence-corrected chi connectivity index (χ1v) is 7.64. The number of ether oxygens (including phenoxy) is 1. The second-order valence-electron chi connectivity index (χ2n) is 5.74. The van der Waals surface area contributed by atoms with Gasteiger partial charge in [-0.1, -0.05) is 12.1 Å². The van der Waals surface area contributed by atoms with Crippen molar-refractivity contribution in [3.05, 3.63) is 29.8 Å². The van der Waals surface area contributed by atoms with Gasteiger partial charge in [0.2, 0.25) is 0 Å². The molecule has 118 valence electrons. The lowest BCUT2D eigenvalue weighted by Crippen LogP contribution is -2.34. The molecule has 1 aromatic rings. The molecule has 4 N–H and O–H groups in total. The van der Waals surface area contributed by atoms with Gasteiger partial charge in [0.15, 0.2) is 0 Å². The van der Waals surface area contributed by atoms with Gasteiger partial charge in [0.25, 0.3) is 0 Å². The summed E-state index contributed by atoms with van der Waals surface area (Å²) in [5, 5.41) is 19.0. The number of hydrogen-bond donors (Lipinski definition) is 3. The lowest BCUT2D eigenvalue weighted by atomic mass is 10.1. The molecule has 2 atom stereocenters. The van der Waals surface area contributed by atoms with E-state index in [0.29, 0.717) is 19.0 Å². The number of hydrogen-bond acceptors (Lipinski definition) is 5. The fourth-order valence-corrected chi connectivity index (χ4v) is 2.80. The smallest absolute Gasteiger partial charge is 0.119 e. The van der Waals surface area contributed by atoms with Crippen LogP contribution in [0, 0.1) is 5.92 Å². The van der Waals surface area contributed by atoms with E-state index in [9.17, 15) is 5.11 Å². The Balaban J connectivity index is 1.71. The molecule has 1 fully saturated rings. The molecule has 5 nitrogen and oxygen atoms in total. The number of aliphatic hydroxyl groups is 2. The molecule has 0 amide bonds. The molecule has 1 heterocycles. The van der Waals surface area contributed by atoms with E-state index in [0.717, 1.165) is 37.2 Å². The Morgan fingerprint density at radius 1 is 1.43 bits per heavy atom. The first kappa shape index (κ1) is 16.2. The quantitative estimate of drug-likeness (QED) is 0.654. The summed E-state index contributed by atoms with van der Waals surface area (Å²) in [4.78, 5) is 2.24. The summed E-state index contributed by atoms with van der Waals surface area (Å²) in [6, 6.07) is 7.64. The standard InChI is InChI=1S/C16H26N2O3/c17-9-14-2-1-3-16(8-14)21-12-15(20)11-18-6-4-13(10-18)5-7-19/h1-3,8,13,15,19-20H,4-7,9-12,17H2. The molecule has 21 heavy (non-hydrogen) atoms. The minimum Gasteiger partial charge on any atom is -0.491 e. The Hall–Kier alpha value is -1.14. The third kappa shape index (κ3) is 5.28. The average Bonchev–Trinajstić information content (AvgIpc) is 2.93. The zero-order valence-corrected chi connectivity index (χ0v) is 12.4. The van der Waals surface area contributed by atoms with Gasteiger partial charge in [-0.15, -0.1) is 0 Å². The molecule has 1 aliphatic heterocycles. The van der Waals surface area contributed by atoms with Gasteiger partial charge >= 0.3 is 0 Å². The van der Waals surface area contributed by atoms with E-state index in [1.165, 1.54) is 0 Å². The molecule has 5 heteroatoms. The predicted molar refractivity (Wildman–Crippen MR) is 82.1 cm³/mol. The van der Waals surface area contributed by atoms with E-state index in [-0.39, 0.29) is 13.2 Å². The highest BCUT2D eigenvalue weighted by Gasteiger charge is 2.23. The fraction of sp³-hybridized carbons (Fsp3) is 0.625. The van der Waals surface area contributed by atoms with Gasteiger partial charge < -0.3 is 25.6 Å². The van der Waals surface area contributed by atoms with E-state index in [1.807, 2.05) is 24.3 Å². The second kappa shape index (κ2) is 8.34. The van der Waals surface area contributed by atoms with E-state index in [2.05, 4.69) is 4.90 Å². The van der Waals surface area contributed by atoms with Crippen molar-refractivity contribution in [2.45, 2.75) is 25.5 Å². The molecule has 0 aromatic heterocycles. The highest BCUT2D eigenvalue weighted by Crippen LogP contribution is 2.19.